The molecule has 2 aromatic carbocycles. The van der Waals surface area contributed by atoms with Crippen LogP contribution < -0.4 is 24.2 Å². The molecule has 8 nitrogen and oxygen atoms in total. The second-order valence-electron chi connectivity index (χ2n) is 6.26. The van der Waals surface area contributed by atoms with Gasteiger partial charge < -0.3 is 19.5 Å². The highest BCUT2D eigenvalue weighted by Crippen LogP contribution is 2.34. The van der Waals surface area contributed by atoms with Crippen molar-refractivity contribution in [3.63, 3.8) is 0 Å². The molecular formula is C19H22N2O6S. The molecule has 1 aliphatic heterocycles. The number of amides is 1. The second-order valence-corrected chi connectivity index (χ2v) is 7.97. The van der Waals surface area contributed by atoms with Gasteiger partial charge in [-0.15, -0.1) is 0 Å². The second kappa shape index (κ2) is 8.07. The molecule has 0 aromatic heterocycles. The van der Waals surface area contributed by atoms with Gasteiger partial charge in [-0.1, -0.05) is 0 Å². The molecule has 2 N–H and O–H groups in total. The number of nitrogens with one attached hydrogen (secondary N) is 2. The highest BCUT2D eigenvalue weighted by atomic mass is 32.2. The monoisotopic (exact) mass is 406 g/mol. The standard InChI is InChI=1S/C19H22N2O6S/c1-4-25-16-8-6-15(9-12(16)2)28(23,24)21-13(3)19(22)20-14-5-7-17-18(10-14)27-11-26-17/h5-10,13,21H,4,11H2,1-3H3,(H,20,22)/t13-/m1/s1. The summed E-state index contributed by atoms with van der Waals surface area (Å²) in [6.07, 6.45) is 0. The lowest BCUT2D eigenvalue weighted by atomic mass is 10.2. The SMILES string of the molecule is CCOc1ccc(S(=O)(=O)N[C@H](C)C(=O)Nc2ccc3c(c2)OCO3)cc1C. The zero-order valence-electron chi connectivity index (χ0n) is 15.8. The number of sulfonamides is 1. The van der Waals surface area contributed by atoms with Crippen LogP contribution in [0.5, 0.6) is 17.2 Å². The summed E-state index contributed by atoms with van der Waals surface area (Å²) in [5.74, 6) is 1.24. The van der Waals surface area contributed by atoms with E-state index < -0.39 is 22.0 Å². The van der Waals surface area contributed by atoms with Gasteiger partial charge in [0.25, 0.3) is 0 Å². The number of carbonyl (C=O) groups excluding carboxylic acids is 1. The maximum Gasteiger partial charge on any atom is 0.242 e. The zero-order valence-corrected chi connectivity index (χ0v) is 16.6. The van der Waals surface area contributed by atoms with Gasteiger partial charge in [0.05, 0.1) is 17.5 Å². The molecule has 150 valence electrons. The molecule has 1 aliphatic rings. The van der Waals surface area contributed by atoms with E-state index in [1.54, 1.807) is 31.2 Å². The quantitative estimate of drug-likeness (QED) is 0.732. The lowest BCUT2D eigenvalue weighted by molar-refractivity contribution is -0.117. The number of hydrogen-bond acceptors (Lipinski definition) is 6. The molecule has 0 radical (unpaired) electrons. The Morgan fingerprint density at radius 2 is 1.93 bits per heavy atom. The minimum Gasteiger partial charge on any atom is -0.494 e. The third-order valence-corrected chi connectivity index (χ3v) is 5.66. The van der Waals surface area contributed by atoms with Gasteiger partial charge in [0, 0.05) is 11.8 Å². The molecule has 0 bridgehead atoms. The van der Waals surface area contributed by atoms with Crippen LogP contribution in [0.1, 0.15) is 19.4 Å². The number of rotatable bonds is 7. The average molecular weight is 406 g/mol. The molecule has 1 amide bonds. The number of hydrogen-bond donors (Lipinski definition) is 2. The first kappa shape index (κ1) is 20.0. The van der Waals surface area contributed by atoms with Gasteiger partial charge in [0.15, 0.2) is 11.5 Å². The normalized spacial score (nSPS) is 13.8. The van der Waals surface area contributed by atoms with Crippen LogP contribution in [0.3, 0.4) is 0 Å². The fourth-order valence-electron chi connectivity index (χ4n) is 2.69. The van der Waals surface area contributed by atoms with E-state index in [1.165, 1.54) is 19.1 Å². The maximum absolute atomic E-state index is 12.6. The molecule has 2 aromatic rings. The maximum atomic E-state index is 12.6. The van der Waals surface area contributed by atoms with Crippen LogP contribution in [0.15, 0.2) is 41.3 Å². The van der Waals surface area contributed by atoms with Crippen LogP contribution in [0, 0.1) is 6.92 Å². The van der Waals surface area contributed by atoms with Gasteiger partial charge >= 0.3 is 0 Å². The van der Waals surface area contributed by atoms with Crippen molar-refractivity contribution in [2.75, 3.05) is 18.7 Å². The van der Waals surface area contributed by atoms with Gasteiger partial charge in [0.1, 0.15) is 5.75 Å². The average Bonchev–Trinajstić information content (AvgIpc) is 3.11. The summed E-state index contributed by atoms with van der Waals surface area (Å²) in [6, 6.07) is 8.53. The Morgan fingerprint density at radius 1 is 1.18 bits per heavy atom. The highest BCUT2D eigenvalue weighted by Gasteiger charge is 2.23. The fraction of sp³-hybridized carbons (Fsp3) is 0.316. The van der Waals surface area contributed by atoms with Crippen molar-refractivity contribution in [1.29, 1.82) is 0 Å². The zero-order chi connectivity index (χ0) is 20.3. The molecule has 28 heavy (non-hydrogen) atoms. The molecule has 0 spiro atoms. The molecule has 0 fully saturated rings. The molecule has 1 heterocycles. The van der Waals surface area contributed by atoms with E-state index >= 15 is 0 Å². The predicted molar refractivity (Wildman–Crippen MR) is 103 cm³/mol. The van der Waals surface area contributed by atoms with E-state index in [0.717, 1.165) is 0 Å². The molecule has 9 heteroatoms. The molecule has 0 saturated carbocycles. The Kier molecular flexibility index (Phi) is 5.76. The first-order valence-corrected chi connectivity index (χ1v) is 10.2. The molecule has 0 aliphatic carbocycles. The molecule has 3 rings (SSSR count). The fourth-order valence-corrected chi connectivity index (χ4v) is 3.97. The number of anilines is 1. The van der Waals surface area contributed by atoms with Crippen LogP contribution in [0.25, 0.3) is 0 Å². The van der Waals surface area contributed by atoms with Crippen LogP contribution in [-0.4, -0.2) is 33.8 Å². The Hall–Kier alpha value is -2.78. The van der Waals surface area contributed by atoms with Crippen molar-refractivity contribution in [1.82, 2.24) is 4.72 Å². The van der Waals surface area contributed by atoms with Crippen molar-refractivity contribution in [2.24, 2.45) is 0 Å². The van der Waals surface area contributed by atoms with E-state index in [0.29, 0.717) is 35.1 Å². The number of benzene rings is 2. The van der Waals surface area contributed by atoms with Crippen molar-refractivity contribution >= 4 is 21.6 Å². The van der Waals surface area contributed by atoms with Gasteiger partial charge in [-0.25, -0.2) is 8.42 Å². The summed E-state index contributed by atoms with van der Waals surface area (Å²) in [6.45, 7) is 5.71. The number of aryl methyl sites for hydroxylation is 1. The largest absolute Gasteiger partial charge is 0.494 e. The summed E-state index contributed by atoms with van der Waals surface area (Å²) in [5.41, 5.74) is 1.18. The Morgan fingerprint density at radius 3 is 2.64 bits per heavy atom. The Balaban J connectivity index is 1.68. The minimum absolute atomic E-state index is 0.0659. The van der Waals surface area contributed by atoms with E-state index in [1.807, 2.05) is 6.92 Å². The molecule has 1 atom stereocenters. The first-order valence-electron chi connectivity index (χ1n) is 8.76. The first-order chi connectivity index (χ1) is 13.3. The van der Waals surface area contributed by atoms with E-state index in [4.69, 9.17) is 14.2 Å². The number of carbonyl (C=O) groups is 1. The van der Waals surface area contributed by atoms with Gasteiger partial charge in [0.2, 0.25) is 22.7 Å². The van der Waals surface area contributed by atoms with Gasteiger partial charge in [-0.3, -0.25) is 4.79 Å². The van der Waals surface area contributed by atoms with Crippen LogP contribution in [-0.2, 0) is 14.8 Å². The van der Waals surface area contributed by atoms with Crippen molar-refractivity contribution in [3.05, 3.63) is 42.0 Å². The number of ether oxygens (including phenoxy) is 3. The van der Waals surface area contributed by atoms with Crippen LogP contribution in [0.2, 0.25) is 0 Å². The van der Waals surface area contributed by atoms with E-state index in [2.05, 4.69) is 10.0 Å². The van der Waals surface area contributed by atoms with E-state index in [-0.39, 0.29) is 11.7 Å². The molecular weight excluding hydrogens is 384 g/mol. The third kappa shape index (κ3) is 4.37. The van der Waals surface area contributed by atoms with Crippen molar-refractivity contribution < 1.29 is 27.4 Å². The lowest BCUT2D eigenvalue weighted by Gasteiger charge is -2.15. The molecule has 0 saturated heterocycles. The van der Waals surface area contributed by atoms with E-state index in [9.17, 15) is 13.2 Å². The van der Waals surface area contributed by atoms with Crippen LogP contribution in [0.4, 0.5) is 5.69 Å². The van der Waals surface area contributed by atoms with Crippen molar-refractivity contribution in [3.8, 4) is 17.2 Å². The predicted octanol–water partition coefficient (Wildman–Crippen LogP) is 2.43. The Bertz CT molecular complexity index is 990. The summed E-state index contributed by atoms with van der Waals surface area (Å²) >= 11 is 0. The smallest absolute Gasteiger partial charge is 0.242 e. The van der Waals surface area contributed by atoms with Gasteiger partial charge in [-0.05, 0) is 56.7 Å². The van der Waals surface area contributed by atoms with Crippen molar-refractivity contribution in [2.45, 2.75) is 31.7 Å². The lowest BCUT2D eigenvalue weighted by Crippen LogP contribution is -2.41. The third-order valence-electron chi connectivity index (χ3n) is 4.12. The summed E-state index contributed by atoms with van der Waals surface area (Å²) in [7, 11) is -3.87. The Labute approximate surface area is 163 Å². The topological polar surface area (TPSA) is 103 Å². The molecule has 0 unspecified atom stereocenters. The number of fused-ring (bicyclic) bond motifs is 1. The summed E-state index contributed by atoms with van der Waals surface area (Å²) < 4.78 is 43.5. The summed E-state index contributed by atoms with van der Waals surface area (Å²) in [4.78, 5) is 12.5. The highest BCUT2D eigenvalue weighted by molar-refractivity contribution is 7.89. The minimum atomic E-state index is -3.87. The summed E-state index contributed by atoms with van der Waals surface area (Å²) in [5, 5.41) is 2.66. The van der Waals surface area contributed by atoms with Gasteiger partial charge in [-0.2, -0.15) is 4.72 Å². The van der Waals surface area contributed by atoms with Crippen LogP contribution >= 0.6 is 0 Å².